The van der Waals surface area contributed by atoms with Gasteiger partial charge in [0.1, 0.15) is 0 Å². The normalized spacial score (nSPS) is 12.9. The molecule has 0 N–H and O–H groups in total. The van der Waals surface area contributed by atoms with Crippen LogP contribution in [0.5, 0.6) is 0 Å². The first kappa shape index (κ1) is 14.5. The van der Waals surface area contributed by atoms with E-state index in [0.29, 0.717) is 11.9 Å². The lowest BCUT2D eigenvalue weighted by molar-refractivity contribution is 0.138. The molecule has 3 heteroatoms. The summed E-state index contributed by atoms with van der Waals surface area (Å²) in [7, 11) is 1.75. The minimum Gasteiger partial charge on any atom is -0.385 e. The summed E-state index contributed by atoms with van der Waals surface area (Å²) in [5, 5.41) is 0. The van der Waals surface area contributed by atoms with E-state index in [9.17, 15) is 0 Å². The van der Waals surface area contributed by atoms with Crippen molar-refractivity contribution >= 4 is 11.6 Å². The van der Waals surface area contributed by atoms with Gasteiger partial charge < -0.3 is 4.74 Å². The lowest BCUT2D eigenvalue weighted by Gasteiger charge is -2.28. The Kier molecular flexibility index (Phi) is 7.25. The van der Waals surface area contributed by atoms with E-state index in [1.54, 1.807) is 7.11 Å². The van der Waals surface area contributed by atoms with Crippen LogP contribution in [0.15, 0.2) is 30.3 Å². The molecule has 17 heavy (non-hydrogen) atoms. The zero-order chi connectivity index (χ0) is 12.5. The molecule has 1 atom stereocenters. The molecule has 1 aromatic carbocycles. The Labute approximate surface area is 110 Å². The van der Waals surface area contributed by atoms with Gasteiger partial charge in [-0.05, 0) is 18.9 Å². The molecule has 1 aromatic rings. The highest BCUT2D eigenvalue weighted by Gasteiger charge is 2.13. The van der Waals surface area contributed by atoms with Crippen LogP contribution in [0.3, 0.4) is 0 Å². The molecule has 0 spiro atoms. The fourth-order valence-corrected chi connectivity index (χ4v) is 2.07. The molecule has 1 rings (SSSR count). The van der Waals surface area contributed by atoms with E-state index in [2.05, 4.69) is 36.1 Å². The first-order valence-corrected chi connectivity index (χ1v) is 6.64. The maximum absolute atomic E-state index is 5.87. The van der Waals surface area contributed by atoms with Crippen molar-refractivity contribution in [3.05, 3.63) is 35.9 Å². The Bertz CT molecular complexity index is 292. The summed E-state index contributed by atoms with van der Waals surface area (Å²) in [6, 6.07) is 11.0. The average molecular weight is 256 g/mol. The van der Waals surface area contributed by atoms with Crippen LogP contribution < -0.4 is 0 Å². The topological polar surface area (TPSA) is 12.5 Å². The van der Waals surface area contributed by atoms with Crippen LogP contribution in [0.1, 0.15) is 18.9 Å². The summed E-state index contributed by atoms with van der Waals surface area (Å²) in [6.07, 6.45) is 1.04. The quantitative estimate of drug-likeness (QED) is 0.662. The molecular formula is C14H22ClNO. The van der Waals surface area contributed by atoms with E-state index in [-0.39, 0.29) is 0 Å². The van der Waals surface area contributed by atoms with Crippen molar-refractivity contribution in [3.8, 4) is 0 Å². The Hall–Kier alpha value is -0.570. The van der Waals surface area contributed by atoms with Gasteiger partial charge in [-0.1, -0.05) is 30.3 Å². The van der Waals surface area contributed by atoms with E-state index in [1.165, 1.54) is 5.56 Å². The van der Waals surface area contributed by atoms with E-state index < -0.39 is 0 Å². The third-order valence-corrected chi connectivity index (χ3v) is 3.13. The Morgan fingerprint density at radius 2 is 2.00 bits per heavy atom. The fourth-order valence-electron chi connectivity index (χ4n) is 1.85. The summed E-state index contributed by atoms with van der Waals surface area (Å²) >= 11 is 5.87. The number of benzene rings is 1. The summed E-state index contributed by atoms with van der Waals surface area (Å²) in [4.78, 5) is 2.40. The number of halogens is 1. The number of hydrogen-bond acceptors (Lipinski definition) is 2. The van der Waals surface area contributed by atoms with Crippen molar-refractivity contribution in [1.82, 2.24) is 4.90 Å². The number of nitrogens with zero attached hydrogens (tertiary/aromatic N) is 1. The van der Waals surface area contributed by atoms with Gasteiger partial charge in [-0.25, -0.2) is 0 Å². The standard InChI is InChI=1S/C14H22ClNO/c1-13(8-11-17-2)16(10-9-15)12-14-6-4-3-5-7-14/h3-7,13H,8-12H2,1-2H3. The molecule has 0 amide bonds. The van der Waals surface area contributed by atoms with Crippen molar-refractivity contribution in [3.63, 3.8) is 0 Å². The third-order valence-electron chi connectivity index (χ3n) is 2.96. The lowest BCUT2D eigenvalue weighted by Crippen LogP contribution is -2.35. The summed E-state index contributed by atoms with van der Waals surface area (Å²) in [5.74, 6) is 0.671. The first-order valence-electron chi connectivity index (χ1n) is 6.10. The Morgan fingerprint density at radius 3 is 2.59 bits per heavy atom. The van der Waals surface area contributed by atoms with Gasteiger partial charge in [-0.15, -0.1) is 11.6 Å². The van der Waals surface area contributed by atoms with Crippen LogP contribution in [0.2, 0.25) is 0 Å². The largest absolute Gasteiger partial charge is 0.385 e. The van der Waals surface area contributed by atoms with Crippen LogP contribution in [-0.2, 0) is 11.3 Å². The molecule has 0 aliphatic heterocycles. The van der Waals surface area contributed by atoms with Crippen molar-refractivity contribution in [2.45, 2.75) is 25.9 Å². The molecule has 96 valence electrons. The second kappa shape index (κ2) is 8.51. The predicted molar refractivity (Wildman–Crippen MR) is 73.5 cm³/mol. The zero-order valence-corrected chi connectivity index (χ0v) is 11.5. The number of hydrogen-bond donors (Lipinski definition) is 0. The Balaban J connectivity index is 2.53. The van der Waals surface area contributed by atoms with E-state index in [4.69, 9.17) is 16.3 Å². The average Bonchev–Trinajstić information content (AvgIpc) is 2.36. The van der Waals surface area contributed by atoms with Gasteiger partial charge in [-0.2, -0.15) is 0 Å². The smallest absolute Gasteiger partial charge is 0.0477 e. The first-order chi connectivity index (χ1) is 8.27. The minimum atomic E-state index is 0.494. The molecule has 0 saturated carbocycles. The van der Waals surface area contributed by atoms with E-state index in [1.807, 2.05) is 6.07 Å². The summed E-state index contributed by atoms with van der Waals surface area (Å²) in [5.41, 5.74) is 1.34. The lowest BCUT2D eigenvalue weighted by atomic mass is 10.1. The Morgan fingerprint density at radius 1 is 1.29 bits per heavy atom. The molecule has 0 heterocycles. The number of rotatable bonds is 8. The number of ether oxygens (including phenoxy) is 1. The van der Waals surface area contributed by atoms with Crippen molar-refractivity contribution in [1.29, 1.82) is 0 Å². The van der Waals surface area contributed by atoms with E-state index in [0.717, 1.165) is 26.1 Å². The zero-order valence-electron chi connectivity index (χ0n) is 10.7. The molecule has 0 aliphatic carbocycles. The molecular weight excluding hydrogens is 234 g/mol. The second-order valence-corrected chi connectivity index (χ2v) is 4.65. The third kappa shape index (κ3) is 5.53. The molecule has 0 bridgehead atoms. The highest BCUT2D eigenvalue weighted by molar-refractivity contribution is 6.18. The summed E-state index contributed by atoms with van der Waals surface area (Å²) in [6.45, 7) is 4.91. The van der Waals surface area contributed by atoms with E-state index >= 15 is 0 Å². The monoisotopic (exact) mass is 255 g/mol. The molecule has 0 aromatic heterocycles. The van der Waals surface area contributed by atoms with Crippen molar-refractivity contribution in [2.24, 2.45) is 0 Å². The molecule has 0 fully saturated rings. The van der Waals surface area contributed by atoms with Gasteiger partial charge in [0.2, 0.25) is 0 Å². The molecule has 2 nitrogen and oxygen atoms in total. The van der Waals surface area contributed by atoms with Crippen LogP contribution in [0.4, 0.5) is 0 Å². The van der Waals surface area contributed by atoms with Gasteiger partial charge in [0.25, 0.3) is 0 Å². The minimum absolute atomic E-state index is 0.494. The van der Waals surface area contributed by atoms with Gasteiger partial charge in [0.05, 0.1) is 0 Å². The fraction of sp³-hybridized carbons (Fsp3) is 0.571. The number of alkyl halides is 1. The maximum Gasteiger partial charge on any atom is 0.0477 e. The molecule has 0 saturated heterocycles. The SMILES string of the molecule is COCCC(C)N(CCCl)Cc1ccccc1. The number of methoxy groups -OCH3 is 1. The van der Waals surface area contributed by atoms with Gasteiger partial charge in [0, 0.05) is 38.7 Å². The molecule has 0 radical (unpaired) electrons. The highest BCUT2D eigenvalue weighted by atomic mass is 35.5. The highest BCUT2D eigenvalue weighted by Crippen LogP contribution is 2.10. The second-order valence-electron chi connectivity index (χ2n) is 4.28. The van der Waals surface area contributed by atoms with Crippen molar-refractivity contribution < 1.29 is 4.74 Å². The molecule has 0 aliphatic rings. The van der Waals surface area contributed by atoms with Gasteiger partial charge in [-0.3, -0.25) is 4.90 Å². The maximum atomic E-state index is 5.87. The van der Waals surface area contributed by atoms with Crippen molar-refractivity contribution in [2.75, 3.05) is 26.1 Å². The van der Waals surface area contributed by atoms with Crippen LogP contribution in [0.25, 0.3) is 0 Å². The van der Waals surface area contributed by atoms with Crippen LogP contribution >= 0.6 is 11.6 Å². The van der Waals surface area contributed by atoms with Gasteiger partial charge in [0.15, 0.2) is 0 Å². The predicted octanol–water partition coefficient (Wildman–Crippen LogP) is 3.15. The van der Waals surface area contributed by atoms with Crippen LogP contribution in [-0.4, -0.2) is 37.1 Å². The van der Waals surface area contributed by atoms with Gasteiger partial charge >= 0.3 is 0 Å². The molecule has 1 unspecified atom stereocenters. The van der Waals surface area contributed by atoms with Crippen LogP contribution in [0, 0.1) is 0 Å². The summed E-state index contributed by atoms with van der Waals surface area (Å²) < 4.78 is 5.13.